The zero-order valence-corrected chi connectivity index (χ0v) is 30.8. The van der Waals surface area contributed by atoms with Crippen LogP contribution in [-0.4, -0.2) is 11.5 Å². The van der Waals surface area contributed by atoms with Crippen LogP contribution in [0.25, 0.3) is 79.1 Å². The Hall–Kier alpha value is -6.14. The van der Waals surface area contributed by atoms with Crippen LogP contribution in [0.4, 0.5) is 0 Å². The predicted octanol–water partition coefficient (Wildman–Crippen LogP) is 14.3. The molecule has 0 saturated heterocycles. The number of allylic oxidation sites excluding steroid dienone is 1. The van der Waals surface area contributed by atoms with E-state index in [-0.39, 0.29) is 0 Å². The SMILES string of the molecule is C/C=C(/N=C(N=C(C)c1ccc2c(c1)oc1cc(-c3ccccc3)ccc12)c1ccc2sc3ccccc3c2c1)c1ccc2sc3ccccc3c2c1. The van der Waals surface area contributed by atoms with E-state index < -0.39 is 0 Å². The molecule has 0 aliphatic heterocycles. The lowest BCUT2D eigenvalue weighted by Gasteiger charge is -2.09. The van der Waals surface area contributed by atoms with Gasteiger partial charge >= 0.3 is 0 Å². The lowest BCUT2D eigenvalue weighted by Crippen LogP contribution is -2.04. The van der Waals surface area contributed by atoms with Gasteiger partial charge in [0.2, 0.25) is 0 Å². The molecule has 53 heavy (non-hydrogen) atoms. The minimum atomic E-state index is 0.667. The molecule has 0 aliphatic rings. The molecule has 0 unspecified atom stereocenters. The van der Waals surface area contributed by atoms with Gasteiger partial charge in [0.1, 0.15) is 11.2 Å². The highest BCUT2D eigenvalue weighted by molar-refractivity contribution is 7.26. The quantitative estimate of drug-likeness (QED) is 0.129. The Kier molecular flexibility index (Phi) is 7.64. The molecule has 10 aromatic rings. The third-order valence-corrected chi connectivity index (χ3v) is 12.4. The Morgan fingerprint density at radius 3 is 1.74 bits per heavy atom. The van der Waals surface area contributed by atoms with Gasteiger partial charge in [-0.3, -0.25) is 0 Å². The molecule has 252 valence electrons. The number of fused-ring (bicyclic) bond motifs is 9. The molecule has 0 aliphatic carbocycles. The number of amidine groups is 1. The van der Waals surface area contributed by atoms with Crippen LogP contribution in [0.15, 0.2) is 172 Å². The Labute approximate surface area is 314 Å². The van der Waals surface area contributed by atoms with Gasteiger partial charge in [0, 0.05) is 68.0 Å². The van der Waals surface area contributed by atoms with Gasteiger partial charge in [-0.15, -0.1) is 22.7 Å². The Morgan fingerprint density at radius 2 is 1.04 bits per heavy atom. The summed E-state index contributed by atoms with van der Waals surface area (Å²) in [5.41, 5.74) is 8.79. The molecular weight excluding hydrogens is 685 g/mol. The summed E-state index contributed by atoms with van der Waals surface area (Å²) in [5.74, 6) is 0.667. The van der Waals surface area contributed by atoms with E-state index in [0.29, 0.717) is 5.84 Å². The smallest absolute Gasteiger partial charge is 0.160 e. The van der Waals surface area contributed by atoms with Crippen molar-refractivity contribution in [3.63, 3.8) is 0 Å². The zero-order valence-electron chi connectivity index (χ0n) is 29.1. The number of aliphatic imine (C=N–C) groups is 2. The zero-order chi connectivity index (χ0) is 35.5. The maximum Gasteiger partial charge on any atom is 0.160 e. The second-order valence-electron chi connectivity index (χ2n) is 13.3. The number of furan rings is 1. The molecule has 0 radical (unpaired) electrons. The third kappa shape index (κ3) is 5.57. The Balaban J connectivity index is 1.10. The van der Waals surface area contributed by atoms with E-state index >= 15 is 0 Å². The van der Waals surface area contributed by atoms with Crippen LogP contribution < -0.4 is 0 Å². The van der Waals surface area contributed by atoms with Crippen molar-refractivity contribution >= 4 is 102 Å². The highest BCUT2D eigenvalue weighted by Crippen LogP contribution is 2.38. The summed E-state index contributed by atoms with van der Waals surface area (Å²) in [7, 11) is 0. The average molecular weight is 717 g/mol. The summed E-state index contributed by atoms with van der Waals surface area (Å²) in [6, 6.07) is 53.8. The Bertz CT molecular complexity index is 3140. The van der Waals surface area contributed by atoms with Crippen LogP contribution in [0, 0.1) is 0 Å². The monoisotopic (exact) mass is 716 g/mol. The summed E-state index contributed by atoms with van der Waals surface area (Å²) < 4.78 is 11.6. The minimum absolute atomic E-state index is 0.667. The molecule has 10 rings (SSSR count). The molecule has 3 nitrogen and oxygen atoms in total. The van der Waals surface area contributed by atoms with Crippen LogP contribution >= 0.6 is 22.7 Å². The molecule has 0 fully saturated rings. The van der Waals surface area contributed by atoms with Gasteiger partial charge in [-0.25, -0.2) is 9.98 Å². The molecule has 7 aromatic carbocycles. The first-order valence-corrected chi connectivity index (χ1v) is 19.4. The second kappa shape index (κ2) is 12.8. The van der Waals surface area contributed by atoms with E-state index in [9.17, 15) is 0 Å². The van der Waals surface area contributed by atoms with Gasteiger partial charge in [0.05, 0.1) is 5.70 Å². The Morgan fingerprint density at radius 1 is 0.472 bits per heavy atom. The van der Waals surface area contributed by atoms with Gasteiger partial charge in [0.15, 0.2) is 5.84 Å². The van der Waals surface area contributed by atoms with Crippen molar-refractivity contribution in [2.75, 3.05) is 0 Å². The summed E-state index contributed by atoms with van der Waals surface area (Å²) in [6.45, 7) is 4.11. The second-order valence-corrected chi connectivity index (χ2v) is 15.5. The fraction of sp³-hybridized carbons (Fsp3) is 0.0417. The van der Waals surface area contributed by atoms with Crippen molar-refractivity contribution in [1.29, 1.82) is 0 Å². The van der Waals surface area contributed by atoms with E-state index in [1.807, 2.05) is 28.7 Å². The number of rotatable bonds is 5. The third-order valence-electron chi connectivity index (χ3n) is 10.1. The van der Waals surface area contributed by atoms with Gasteiger partial charge in [-0.05, 0) is 97.3 Å². The van der Waals surface area contributed by atoms with Crippen molar-refractivity contribution in [1.82, 2.24) is 0 Å². The summed E-state index contributed by atoms with van der Waals surface area (Å²) in [6.07, 6.45) is 2.09. The fourth-order valence-electron chi connectivity index (χ4n) is 7.35. The first kappa shape index (κ1) is 31.6. The van der Waals surface area contributed by atoms with Crippen LogP contribution in [0.5, 0.6) is 0 Å². The standard InChI is InChI=1S/C48H32N2OS2/c1-3-41(33-19-23-46-39(25-33)37-13-7-9-15-44(37)52-46)50-48(34-20-24-47-40(26-34)38-14-8-10-16-45(38)53-47)49-29(2)31-17-21-35-36-22-18-32(30-11-5-4-6-12-30)28-43(36)51-42(35)27-31/h3-28H,1-2H3/b41-3+,49-29?,50-48?. The van der Waals surface area contributed by atoms with Crippen LogP contribution in [0.3, 0.4) is 0 Å². The average Bonchev–Trinajstić information content (AvgIpc) is 3.89. The number of hydrogen-bond acceptors (Lipinski definition) is 4. The van der Waals surface area contributed by atoms with Crippen LogP contribution in [-0.2, 0) is 0 Å². The van der Waals surface area contributed by atoms with Gasteiger partial charge in [-0.2, -0.15) is 0 Å². The molecular formula is C48H32N2OS2. The van der Waals surface area contributed by atoms with E-state index in [0.717, 1.165) is 55.6 Å². The lowest BCUT2D eigenvalue weighted by atomic mass is 10.0. The number of nitrogens with zero attached hydrogens (tertiary/aromatic N) is 2. The number of hydrogen-bond donors (Lipinski definition) is 0. The normalized spacial score (nSPS) is 13.1. The van der Waals surface area contributed by atoms with E-state index in [1.54, 1.807) is 0 Å². The van der Waals surface area contributed by atoms with Gasteiger partial charge in [0.25, 0.3) is 0 Å². The van der Waals surface area contributed by atoms with E-state index in [1.165, 1.54) is 45.9 Å². The molecule has 5 heteroatoms. The molecule has 0 atom stereocenters. The minimum Gasteiger partial charge on any atom is -0.456 e. The molecule has 0 N–H and O–H groups in total. The molecule has 0 amide bonds. The van der Waals surface area contributed by atoms with Crippen molar-refractivity contribution in [2.24, 2.45) is 9.98 Å². The van der Waals surface area contributed by atoms with Crippen molar-refractivity contribution in [3.8, 4) is 11.1 Å². The first-order chi connectivity index (χ1) is 26.1. The number of benzene rings is 7. The van der Waals surface area contributed by atoms with E-state index in [4.69, 9.17) is 14.4 Å². The van der Waals surface area contributed by atoms with Crippen LogP contribution in [0.1, 0.15) is 30.5 Å². The van der Waals surface area contributed by atoms with E-state index in [2.05, 4.69) is 166 Å². The maximum absolute atomic E-state index is 6.48. The van der Waals surface area contributed by atoms with Crippen molar-refractivity contribution in [3.05, 3.63) is 174 Å². The topological polar surface area (TPSA) is 37.9 Å². The lowest BCUT2D eigenvalue weighted by molar-refractivity contribution is 0.669. The molecule has 3 aromatic heterocycles. The highest BCUT2D eigenvalue weighted by atomic mass is 32.1. The summed E-state index contributed by atoms with van der Waals surface area (Å²) >= 11 is 3.64. The molecule has 3 heterocycles. The molecule has 0 spiro atoms. The largest absolute Gasteiger partial charge is 0.456 e. The van der Waals surface area contributed by atoms with Crippen molar-refractivity contribution < 1.29 is 4.42 Å². The molecule has 0 saturated carbocycles. The van der Waals surface area contributed by atoms with Crippen LogP contribution in [0.2, 0.25) is 0 Å². The fourth-order valence-corrected chi connectivity index (χ4v) is 9.52. The first-order valence-electron chi connectivity index (χ1n) is 17.8. The number of thiophene rings is 2. The highest BCUT2D eigenvalue weighted by Gasteiger charge is 2.15. The predicted molar refractivity (Wildman–Crippen MR) is 230 cm³/mol. The summed E-state index contributed by atoms with van der Waals surface area (Å²) in [4.78, 5) is 10.7. The van der Waals surface area contributed by atoms with Gasteiger partial charge in [-0.1, -0.05) is 91.0 Å². The maximum atomic E-state index is 6.48. The van der Waals surface area contributed by atoms with Gasteiger partial charge < -0.3 is 4.42 Å². The van der Waals surface area contributed by atoms with Crippen molar-refractivity contribution in [2.45, 2.75) is 13.8 Å². The molecule has 0 bridgehead atoms. The summed E-state index contributed by atoms with van der Waals surface area (Å²) in [5, 5.41) is 7.19.